The molecule has 6 nitrogen and oxygen atoms in total. The lowest BCUT2D eigenvalue weighted by Crippen LogP contribution is -2.13. The van der Waals surface area contributed by atoms with E-state index in [9.17, 15) is 18.3 Å². The number of sulfonamides is 1. The van der Waals surface area contributed by atoms with Crippen molar-refractivity contribution in [3.8, 4) is 5.75 Å². The summed E-state index contributed by atoms with van der Waals surface area (Å²) in [6.45, 7) is 1.87. The van der Waals surface area contributed by atoms with Crippen LogP contribution in [0, 0.1) is 6.92 Å². The van der Waals surface area contributed by atoms with E-state index in [1.165, 1.54) is 24.3 Å². The van der Waals surface area contributed by atoms with Gasteiger partial charge < -0.3 is 10.4 Å². The zero-order chi connectivity index (χ0) is 22.0. The van der Waals surface area contributed by atoms with Crippen molar-refractivity contribution in [3.63, 3.8) is 0 Å². The predicted octanol–water partition coefficient (Wildman–Crippen LogP) is 4.91. The molecule has 0 heterocycles. The van der Waals surface area contributed by atoms with Crippen molar-refractivity contribution >= 4 is 38.1 Å². The quantitative estimate of drug-likeness (QED) is 0.418. The highest BCUT2D eigenvalue weighted by Crippen LogP contribution is 2.29. The van der Waals surface area contributed by atoms with E-state index in [2.05, 4.69) is 10.0 Å². The summed E-state index contributed by atoms with van der Waals surface area (Å²) in [5.74, 6) is -0.666. The molecule has 0 aliphatic rings. The van der Waals surface area contributed by atoms with Crippen LogP contribution in [-0.2, 0) is 10.0 Å². The Balaban J connectivity index is 1.69. The smallest absolute Gasteiger partial charge is 0.261 e. The zero-order valence-electron chi connectivity index (χ0n) is 16.7. The number of phenols is 1. The van der Waals surface area contributed by atoms with Crippen LogP contribution in [0.15, 0.2) is 89.8 Å². The number of aromatic hydroxyl groups is 1. The minimum absolute atomic E-state index is 0.0554. The van der Waals surface area contributed by atoms with Crippen molar-refractivity contribution in [1.29, 1.82) is 0 Å². The number of carbonyl (C=O) groups excluding carboxylic acids is 1. The van der Waals surface area contributed by atoms with Gasteiger partial charge in [-0.05, 0) is 65.7 Å². The topological polar surface area (TPSA) is 95.5 Å². The molecule has 156 valence electrons. The Labute approximate surface area is 180 Å². The Morgan fingerprint density at radius 3 is 2.29 bits per heavy atom. The summed E-state index contributed by atoms with van der Waals surface area (Å²) >= 11 is 0. The summed E-state index contributed by atoms with van der Waals surface area (Å²) in [6, 6.07) is 23.4. The van der Waals surface area contributed by atoms with Crippen LogP contribution in [0.3, 0.4) is 0 Å². The van der Waals surface area contributed by atoms with Crippen molar-refractivity contribution in [2.75, 3.05) is 10.0 Å². The van der Waals surface area contributed by atoms with Crippen LogP contribution in [0.1, 0.15) is 15.9 Å². The van der Waals surface area contributed by atoms with Gasteiger partial charge in [-0.1, -0.05) is 42.5 Å². The zero-order valence-corrected chi connectivity index (χ0v) is 17.5. The number of amides is 1. The highest BCUT2D eigenvalue weighted by Gasteiger charge is 2.17. The van der Waals surface area contributed by atoms with Crippen molar-refractivity contribution < 1.29 is 18.3 Å². The van der Waals surface area contributed by atoms with E-state index in [1.807, 2.05) is 19.1 Å². The molecule has 31 heavy (non-hydrogen) atoms. The summed E-state index contributed by atoms with van der Waals surface area (Å²) < 4.78 is 28.1. The molecule has 0 radical (unpaired) electrons. The molecule has 4 rings (SSSR count). The summed E-state index contributed by atoms with van der Waals surface area (Å²) in [5, 5.41) is 14.3. The minimum Gasteiger partial charge on any atom is -0.507 e. The minimum atomic E-state index is -3.82. The van der Waals surface area contributed by atoms with Gasteiger partial charge in [-0.15, -0.1) is 0 Å². The van der Waals surface area contributed by atoms with E-state index in [0.717, 1.165) is 5.56 Å². The molecule has 3 N–H and O–H groups in total. The average Bonchev–Trinajstić information content (AvgIpc) is 2.75. The standard InChI is InChI=1S/C24H20N2O4S/c1-16-7-5-6-10-22(16)25-24(28)21-14-18-13-20(12-11-17(18)15-23(21)27)31(29,30)26-19-8-3-2-4-9-19/h2-15,26-27H,1H3,(H,25,28). The molecule has 0 aliphatic carbocycles. The SMILES string of the molecule is Cc1ccccc1NC(=O)c1cc2cc(S(=O)(=O)Nc3ccccc3)ccc2cc1O. The van der Waals surface area contributed by atoms with E-state index in [4.69, 9.17) is 0 Å². The second kappa shape index (κ2) is 8.12. The van der Waals surface area contributed by atoms with Gasteiger partial charge in [-0.3, -0.25) is 9.52 Å². The van der Waals surface area contributed by atoms with Gasteiger partial charge in [0.2, 0.25) is 0 Å². The fourth-order valence-electron chi connectivity index (χ4n) is 3.24. The van der Waals surface area contributed by atoms with Crippen LogP contribution in [0.5, 0.6) is 5.75 Å². The Bertz CT molecular complexity index is 1380. The molecule has 0 unspecified atom stereocenters. The number of hydrogen-bond donors (Lipinski definition) is 3. The first-order valence-corrected chi connectivity index (χ1v) is 11.0. The van der Waals surface area contributed by atoms with Crippen molar-refractivity contribution in [1.82, 2.24) is 0 Å². The number of fused-ring (bicyclic) bond motifs is 1. The molecular weight excluding hydrogens is 412 g/mol. The summed E-state index contributed by atoms with van der Waals surface area (Å²) in [7, 11) is -3.82. The number of para-hydroxylation sites is 2. The van der Waals surface area contributed by atoms with Crippen LogP contribution in [0.25, 0.3) is 10.8 Å². The Morgan fingerprint density at radius 1 is 0.839 bits per heavy atom. The van der Waals surface area contributed by atoms with E-state index in [0.29, 0.717) is 22.1 Å². The molecule has 0 atom stereocenters. The van der Waals surface area contributed by atoms with Crippen LogP contribution < -0.4 is 10.0 Å². The third-order valence-corrected chi connectivity index (χ3v) is 6.28. The first-order chi connectivity index (χ1) is 14.8. The molecule has 1 amide bonds. The lowest BCUT2D eigenvalue weighted by molar-refractivity contribution is 0.102. The lowest BCUT2D eigenvalue weighted by atomic mass is 10.0. The van der Waals surface area contributed by atoms with Gasteiger partial charge in [-0.25, -0.2) is 8.42 Å². The highest BCUT2D eigenvalue weighted by atomic mass is 32.2. The first-order valence-electron chi connectivity index (χ1n) is 9.55. The van der Waals surface area contributed by atoms with Crippen molar-refractivity contribution in [3.05, 3.63) is 96.1 Å². The molecule has 0 saturated heterocycles. The molecule has 0 spiro atoms. The van der Waals surface area contributed by atoms with Gasteiger partial charge in [0.05, 0.1) is 10.5 Å². The molecule has 0 aliphatic heterocycles. The molecule has 0 fully saturated rings. The second-order valence-corrected chi connectivity index (χ2v) is 8.80. The van der Waals surface area contributed by atoms with E-state index >= 15 is 0 Å². The maximum Gasteiger partial charge on any atom is 0.261 e. The van der Waals surface area contributed by atoms with Crippen LogP contribution in [-0.4, -0.2) is 19.4 Å². The number of rotatable bonds is 5. The second-order valence-electron chi connectivity index (χ2n) is 7.12. The normalized spacial score (nSPS) is 11.3. The van der Waals surface area contributed by atoms with Crippen LogP contribution >= 0.6 is 0 Å². The van der Waals surface area contributed by atoms with Crippen LogP contribution in [0.4, 0.5) is 11.4 Å². The molecule has 0 aromatic heterocycles. The van der Waals surface area contributed by atoms with Gasteiger partial charge >= 0.3 is 0 Å². The number of anilines is 2. The first kappa shape index (κ1) is 20.4. The number of benzene rings is 4. The molecule has 0 bridgehead atoms. The number of phenolic OH excluding ortho intramolecular Hbond substituents is 1. The summed E-state index contributed by atoms with van der Waals surface area (Å²) in [4.78, 5) is 12.8. The number of aryl methyl sites for hydroxylation is 1. The molecule has 0 saturated carbocycles. The van der Waals surface area contributed by atoms with Gasteiger partial charge in [-0.2, -0.15) is 0 Å². The molecular formula is C24H20N2O4S. The van der Waals surface area contributed by atoms with E-state index < -0.39 is 15.9 Å². The van der Waals surface area contributed by atoms with Gasteiger partial charge in [0.25, 0.3) is 15.9 Å². The molecule has 7 heteroatoms. The average molecular weight is 433 g/mol. The summed E-state index contributed by atoms with van der Waals surface area (Å²) in [6.07, 6.45) is 0. The van der Waals surface area contributed by atoms with Gasteiger partial charge in [0.1, 0.15) is 5.75 Å². The predicted molar refractivity (Wildman–Crippen MR) is 122 cm³/mol. The third kappa shape index (κ3) is 4.36. The van der Waals surface area contributed by atoms with Crippen molar-refractivity contribution in [2.45, 2.75) is 11.8 Å². The molecule has 4 aromatic rings. The summed E-state index contributed by atoms with van der Waals surface area (Å²) in [5.41, 5.74) is 2.03. The maximum absolute atomic E-state index is 12.8. The van der Waals surface area contributed by atoms with Crippen molar-refractivity contribution in [2.24, 2.45) is 0 Å². The van der Waals surface area contributed by atoms with Gasteiger partial charge in [0, 0.05) is 11.4 Å². The lowest BCUT2D eigenvalue weighted by Gasteiger charge is -2.12. The number of hydrogen-bond acceptors (Lipinski definition) is 4. The number of carbonyl (C=O) groups is 1. The number of nitrogens with one attached hydrogen (secondary N) is 2. The van der Waals surface area contributed by atoms with Gasteiger partial charge in [0.15, 0.2) is 0 Å². The molecule has 4 aromatic carbocycles. The van der Waals surface area contributed by atoms with E-state index in [-0.39, 0.29) is 16.2 Å². The Hall–Kier alpha value is -3.84. The monoisotopic (exact) mass is 432 g/mol. The Morgan fingerprint density at radius 2 is 1.55 bits per heavy atom. The fourth-order valence-corrected chi connectivity index (χ4v) is 4.33. The van der Waals surface area contributed by atoms with Crippen LogP contribution in [0.2, 0.25) is 0 Å². The largest absolute Gasteiger partial charge is 0.507 e. The highest BCUT2D eigenvalue weighted by molar-refractivity contribution is 7.92. The fraction of sp³-hybridized carbons (Fsp3) is 0.0417. The Kier molecular flexibility index (Phi) is 5.35. The third-order valence-electron chi connectivity index (χ3n) is 4.90. The van der Waals surface area contributed by atoms with E-state index in [1.54, 1.807) is 48.5 Å². The maximum atomic E-state index is 12.8.